The van der Waals surface area contributed by atoms with Gasteiger partial charge in [-0.2, -0.15) is 0 Å². The second-order valence-corrected chi connectivity index (χ2v) is 6.53. The minimum Gasteiger partial charge on any atom is -0.480 e. The molecule has 0 aliphatic rings. The first-order valence-corrected chi connectivity index (χ1v) is 8.39. The van der Waals surface area contributed by atoms with Crippen LogP contribution in [0, 0.1) is 13.8 Å². The van der Waals surface area contributed by atoms with Crippen LogP contribution in [-0.2, 0) is 16.1 Å². The molecule has 1 heterocycles. The van der Waals surface area contributed by atoms with Gasteiger partial charge in [0.15, 0.2) is 0 Å². The van der Waals surface area contributed by atoms with E-state index in [9.17, 15) is 14.7 Å². The fraction of sp³-hybridized carbons (Fsp3) is 0.474. The standard InChI is InChI=1S/C19H26N2O4/c1-6-19(4,18(23)24)20-17(22)14-7-8-16-15(11-14)12(2)13(3)21(16)9-10-25-5/h7-8,11H,6,9-10H2,1-5H3,(H,20,22)(H,23,24). The third kappa shape index (κ3) is 3.54. The molecule has 0 aliphatic heterocycles. The molecule has 1 amide bonds. The van der Waals surface area contributed by atoms with Crippen LogP contribution in [0.3, 0.4) is 0 Å². The molecule has 0 saturated carbocycles. The Morgan fingerprint density at radius 2 is 2.00 bits per heavy atom. The van der Waals surface area contributed by atoms with Crippen molar-refractivity contribution in [3.8, 4) is 0 Å². The molecule has 1 aromatic carbocycles. The number of carboxylic acid groups (broad SMARTS) is 1. The van der Waals surface area contributed by atoms with Crippen LogP contribution in [0.15, 0.2) is 18.2 Å². The van der Waals surface area contributed by atoms with Gasteiger partial charge in [0.05, 0.1) is 6.61 Å². The Morgan fingerprint density at radius 3 is 2.56 bits per heavy atom. The highest BCUT2D eigenvalue weighted by Gasteiger charge is 2.33. The summed E-state index contributed by atoms with van der Waals surface area (Å²) < 4.78 is 7.34. The van der Waals surface area contributed by atoms with Gasteiger partial charge in [0, 0.05) is 35.8 Å². The first kappa shape index (κ1) is 19.0. The average molecular weight is 346 g/mol. The summed E-state index contributed by atoms with van der Waals surface area (Å²) in [6.07, 6.45) is 0.307. The molecule has 1 aromatic heterocycles. The van der Waals surface area contributed by atoms with Gasteiger partial charge < -0.3 is 19.7 Å². The van der Waals surface area contributed by atoms with Gasteiger partial charge in [0.25, 0.3) is 5.91 Å². The van der Waals surface area contributed by atoms with Crippen LogP contribution in [0.4, 0.5) is 0 Å². The van der Waals surface area contributed by atoms with Gasteiger partial charge in [-0.05, 0) is 51.0 Å². The normalized spacial score (nSPS) is 13.6. The smallest absolute Gasteiger partial charge is 0.329 e. The Kier molecular flexibility index (Phi) is 5.52. The fourth-order valence-corrected chi connectivity index (χ4v) is 2.88. The molecule has 0 bridgehead atoms. The SMILES string of the molecule is CCC(C)(NC(=O)c1ccc2c(c1)c(C)c(C)n2CCOC)C(=O)O. The van der Waals surface area contributed by atoms with Crippen molar-refractivity contribution >= 4 is 22.8 Å². The van der Waals surface area contributed by atoms with Gasteiger partial charge in [0.1, 0.15) is 5.54 Å². The second kappa shape index (κ2) is 7.27. The van der Waals surface area contributed by atoms with Crippen molar-refractivity contribution in [3.63, 3.8) is 0 Å². The Balaban J connectivity index is 2.40. The first-order valence-electron chi connectivity index (χ1n) is 8.39. The number of carboxylic acids is 1. The molecular weight excluding hydrogens is 320 g/mol. The van der Waals surface area contributed by atoms with Crippen molar-refractivity contribution in [2.24, 2.45) is 0 Å². The molecule has 1 atom stereocenters. The van der Waals surface area contributed by atoms with Crippen LogP contribution < -0.4 is 5.32 Å². The van der Waals surface area contributed by atoms with Crippen LogP contribution in [0.25, 0.3) is 10.9 Å². The number of fused-ring (bicyclic) bond motifs is 1. The zero-order chi connectivity index (χ0) is 18.8. The van der Waals surface area contributed by atoms with E-state index in [0.29, 0.717) is 18.6 Å². The maximum atomic E-state index is 12.5. The summed E-state index contributed by atoms with van der Waals surface area (Å²) in [7, 11) is 1.67. The number of nitrogens with zero attached hydrogens (tertiary/aromatic N) is 1. The van der Waals surface area contributed by atoms with Gasteiger partial charge in [-0.25, -0.2) is 4.79 Å². The van der Waals surface area contributed by atoms with Gasteiger partial charge in [-0.15, -0.1) is 0 Å². The average Bonchev–Trinajstić information content (AvgIpc) is 2.83. The Bertz CT molecular complexity index is 809. The number of methoxy groups -OCH3 is 1. The largest absolute Gasteiger partial charge is 0.480 e. The lowest BCUT2D eigenvalue weighted by Gasteiger charge is -2.24. The van der Waals surface area contributed by atoms with Gasteiger partial charge in [0.2, 0.25) is 0 Å². The van der Waals surface area contributed by atoms with Crippen molar-refractivity contribution in [2.45, 2.75) is 46.2 Å². The van der Waals surface area contributed by atoms with Crippen molar-refractivity contribution in [1.82, 2.24) is 9.88 Å². The highest BCUT2D eigenvalue weighted by molar-refractivity contribution is 6.01. The summed E-state index contributed by atoms with van der Waals surface area (Å²) in [5.41, 5.74) is 2.47. The van der Waals surface area contributed by atoms with Crippen LogP contribution in [-0.4, -0.2) is 40.8 Å². The number of aryl methyl sites for hydroxylation is 1. The molecular formula is C19H26N2O4. The number of aromatic nitrogens is 1. The number of carbonyl (C=O) groups is 2. The third-order valence-electron chi connectivity index (χ3n) is 4.99. The lowest BCUT2D eigenvalue weighted by molar-refractivity contribution is -0.143. The van der Waals surface area contributed by atoms with Crippen molar-refractivity contribution in [1.29, 1.82) is 0 Å². The minimum absolute atomic E-state index is 0.307. The van der Waals surface area contributed by atoms with Gasteiger partial charge in [-0.3, -0.25) is 4.79 Å². The molecule has 6 heteroatoms. The van der Waals surface area contributed by atoms with Crippen LogP contribution >= 0.6 is 0 Å². The zero-order valence-electron chi connectivity index (χ0n) is 15.5. The van der Waals surface area contributed by atoms with E-state index in [2.05, 4.69) is 9.88 Å². The number of ether oxygens (including phenoxy) is 1. The molecule has 0 aliphatic carbocycles. The summed E-state index contributed by atoms with van der Waals surface area (Å²) in [5, 5.41) is 13.0. The number of rotatable bonds is 7. The van der Waals surface area contributed by atoms with Crippen LogP contribution in [0.5, 0.6) is 0 Å². The molecule has 25 heavy (non-hydrogen) atoms. The number of aliphatic carboxylic acids is 1. The van der Waals surface area contributed by atoms with Crippen molar-refractivity contribution in [2.75, 3.05) is 13.7 Å². The maximum Gasteiger partial charge on any atom is 0.329 e. The number of hydrogen-bond donors (Lipinski definition) is 2. The van der Waals surface area contributed by atoms with Crippen LogP contribution in [0.2, 0.25) is 0 Å². The molecule has 0 radical (unpaired) electrons. The molecule has 2 N–H and O–H groups in total. The molecule has 136 valence electrons. The van der Waals surface area contributed by atoms with E-state index in [1.165, 1.54) is 6.92 Å². The number of nitrogens with one attached hydrogen (secondary N) is 1. The highest BCUT2D eigenvalue weighted by Crippen LogP contribution is 2.26. The zero-order valence-corrected chi connectivity index (χ0v) is 15.5. The van der Waals surface area contributed by atoms with E-state index >= 15 is 0 Å². The van der Waals surface area contributed by atoms with Gasteiger partial charge in [-0.1, -0.05) is 6.92 Å². The van der Waals surface area contributed by atoms with E-state index in [4.69, 9.17) is 4.74 Å². The molecule has 2 rings (SSSR count). The minimum atomic E-state index is -1.28. The summed E-state index contributed by atoms with van der Waals surface area (Å²) in [5.74, 6) is -1.42. The summed E-state index contributed by atoms with van der Waals surface area (Å²) in [6, 6.07) is 5.47. The lowest BCUT2D eigenvalue weighted by atomic mass is 9.98. The quantitative estimate of drug-likeness (QED) is 0.808. The summed E-state index contributed by atoms with van der Waals surface area (Å²) >= 11 is 0. The predicted octanol–water partition coefficient (Wildman–Crippen LogP) is 2.89. The number of benzene rings is 1. The predicted molar refractivity (Wildman–Crippen MR) is 97.1 cm³/mol. The van der Waals surface area contributed by atoms with Crippen molar-refractivity contribution in [3.05, 3.63) is 35.0 Å². The van der Waals surface area contributed by atoms with E-state index in [0.717, 1.165) is 28.7 Å². The molecule has 0 spiro atoms. The monoisotopic (exact) mass is 346 g/mol. The molecule has 2 aromatic rings. The Labute approximate surface area is 147 Å². The lowest BCUT2D eigenvalue weighted by Crippen LogP contribution is -2.51. The van der Waals surface area contributed by atoms with Crippen LogP contribution in [0.1, 0.15) is 41.9 Å². The second-order valence-electron chi connectivity index (χ2n) is 6.53. The summed E-state index contributed by atoms with van der Waals surface area (Å²) in [4.78, 5) is 23.9. The van der Waals surface area contributed by atoms with E-state index < -0.39 is 11.5 Å². The molecule has 1 unspecified atom stereocenters. The Morgan fingerprint density at radius 1 is 1.32 bits per heavy atom. The highest BCUT2D eigenvalue weighted by atomic mass is 16.5. The third-order valence-corrected chi connectivity index (χ3v) is 4.99. The van der Waals surface area contributed by atoms with Gasteiger partial charge >= 0.3 is 5.97 Å². The first-order chi connectivity index (χ1) is 11.7. The summed E-state index contributed by atoms with van der Waals surface area (Å²) in [6.45, 7) is 8.67. The van der Waals surface area contributed by atoms with E-state index in [-0.39, 0.29) is 5.91 Å². The van der Waals surface area contributed by atoms with E-state index in [1.54, 1.807) is 20.1 Å². The number of carbonyl (C=O) groups excluding carboxylic acids is 1. The molecule has 6 nitrogen and oxygen atoms in total. The Hall–Kier alpha value is -2.34. The maximum absolute atomic E-state index is 12.5. The topological polar surface area (TPSA) is 80.6 Å². The number of amides is 1. The van der Waals surface area contributed by atoms with Crippen molar-refractivity contribution < 1.29 is 19.4 Å². The van der Waals surface area contributed by atoms with E-state index in [1.807, 2.05) is 26.0 Å². The molecule has 0 saturated heterocycles. The number of hydrogen-bond acceptors (Lipinski definition) is 3. The fourth-order valence-electron chi connectivity index (χ4n) is 2.88. The molecule has 0 fully saturated rings.